The maximum absolute atomic E-state index is 14.7. The average molecular weight is 500 g/mol. The first kappa shape index (κ1) is 24.4. The highest BCUT2D eigenvalue weighted by molar-refractivity contribution is 7.92. The van der Waals surface area contributed by atoms with Crippen molar-refractivity contribution in [1.29, 1.82) is 0 Å². The summed E-state index contributed by atoms with van der Waals surface area (Å²) < 4.78 is 42.0. The molecule has 2 aromatic rings. The summed E-state index contributed by atoms with van der Waals surface area (Å²) in [4.78, 5) is 28.3. The number of rotatable bonds is 6. The first-order chi connectivity index (χ1) is 14.9. The minimum Gasteiger partial charge on any atom is -0.345 e. The molecule has 0 aliphatic carbocycles. The van der Waals surface area contributed by atoms with Crippen molar-refractivity contribution in [3.63, 3.8) is 0 Å². The summed E-state index contributed by atoms with van der Waals surface area (Å²) in [5.41, 5.74) is 0.676. The quantitative estimate of drug-likeness (QED) is 0.607. The third kappa shape index (κ3) is 4.88. The summed E-state index contributed by atoms with van der Waals surface area (Å²) in [6, 6.07) is 6.34. The van der Waals surface area contributed by atoms with Crippen molar-refractivity contribution >= 4 is 56.0 Å². The Hall–Kier alpha value is -2.27. The van der Waals surface area contributed by atoms with E-state index >= 15 is 0 Å². The number of amides is 2. The van der Waals surface area contributed by atoms with Gasteiger partial charge in [-0.25, -0.2) is 12.8 Å². The van der Waals surface area contributed by atoms with E-state index in [1.165, 1.54) is 40.3 Å². The molecule has 2 amide bonds. The van der Waals surface area contributed by atoms with Crippen molar-refractivity contribution in [3.8, 4) is 0 Å². The Balaban J connectivity index is 1.81. The molecule has 1 aliphatic rings. The summed E-state index contributed by atoms with van der Waals surface area (Å²) in [6.07, 6.45) is 0.212. The molecule has 1 aromatic carbocycles. The van der Waals surface area contributed by atoms with Crippen LogP contribution in [0.5, 0.6) is 0 Å². The third-order valence-electron chi connectivity index (χ3n) is 5.20. The van der Waals surface area contributed by atoms with Crippen LogP contribution in [0.2, 0.25) is 4.34 Å². The van der Waals surface area contributed by atoms with Crippen LogP contribution >= 0.6 is 22.9 Å². The Bertz CT molecular complexity index is 1190. The Morgan fingerprint density at radius 3 is 2.50 bits per heavy atom. The number of hydrogen-bond acceptors (Lipinski definition) is 5. The Morgan fingerprint density at radius 2 is 1.94 bits per heavy atom. The minimum atomic E-state index is -3.91. The van der Waals surface area contributed by atoms with Crippen molar-refractivity contribution < 1.29 is 22.4 Å². The van der Waals surface area contributed by atoms with Gasteiger partial charge in [-0.05, 0) is 49.2 Å². The van der Waals surface area contributed by atoms with Gasteiger partial charge in [0, 0.05) is 38.1 Å². The molecule has 7 nitrogen and oxygen atoms in total. The van der Waals surface area contributed by atoms with Gasteiger partial charge < -0.3 is 9.80 Å². The van der Waals surface area contributed by atoms with Gasteiger partial charge in [0.2, 0.25) is 15.9 Å². The molecule has 0 N–H and O–H groups in total. The third-order valence-corrected chi connectivity index (χ3v) is 8.27. The van der Waals surface area contributed by atoms with Crippen LogP contribution in [0.15, 0.2) is 35.7 Å². The zero-order valence-corrected chi connectivity index (χ0v) is 20.4. The number of likely N-dealkylation sites (N-methyl/N-ethyl adjacent to an activating group) is 1. The number of carbonyl (C=O) groups is 2. The lowest BCUT2D eigenvalue weighted by atomic mass is 10.1. The second kappa shape index (κ2) is 9.30. The minimum absolute atomic E-state index is 0.0126. The second-order valence-corrected chi connectivity index (χ2v) is 11.2. The maximum Gasteiger partial charge on any atom is 0.253 e. The molecule has 0 radical (unpaired) electrons. The molecule has 32 heavy (non-hydrogen) atoms. The number of carbonyl (C=O) groups excluding carboxylic acids is 2. The van der Waals surface area contributed by atoms with E-state index < -0.39 is 27.8 Å². The molecule has 172 valence electrons. The van der Waals surface area contributed by atoms with Crippen molar-refractivity contribution in [2.45, 2.75) is 19.4 Å². The fourth-order valence-corrected chi connectivity index (χ4v) is 5.81. The largest absolute Gasteiger partial charge is 0.345 e. The van der Waals surface area contributed by atoms with Crippen LogP contribution < -0.4 is 4.90 Å². The van der Waals surface area contributed by atoms with E-state index in [1.54, 1.807) is 33.2 Å². The molecule has 1 aliphatic heterocycles. The number of benzene rings is 1. The standard InChI is InChI=1S/C21H23ClFN3O4S2/c1-13(18-7-8-19(22)31-18)12-32(29,30)25(4)17-9-10-26(21(17)28)16-6-5-14(11-15(16)23)20(27)24(2)3/h5-8,11-12,17H,9-10H2,1-4H3/b13-12-/t17-/m0/s1. The molecular weight excluding hydrogens is 477 g/mol. The number of anilines is 1. The highest BCUT2D eigenvalue weighted by Crippen LogP contribution is 2.31. The molecule has 11 heteroatoms. The van der Waals surface area contributed by atoms with E-state index in [0.717, 1.165) is 15.8 Å². The van der Waals surface area contributed by atoms with E-state index in [4.69, 9.17) is 11.6 Å². The summed E-state index contributed by atoms with van der Waals surface area (Å²) >= 11 is 7.18. The number of thiophene rings is 1. The predicted molar refractivity (Wildman–Crippen MR) is 125 cm³/mol. The SMILES string of the molecule is C/C(=C/S(=O)(=O)N(C)[C@H]1CCN(c2ccc(C(=O)N(C)C)cc2F)C1=O)c1ccc(Cl)s1. The molecule has 2 heterocycles. The number of hydrogen-bond donors (Lipinski definition) is 0. The second-order valence-electron chi connectivity index (χ2n) is 7.63. The predicted octanol–water partition coefficient (Wildman–Crippen LogP) is 3.67. The summed E-state index contributed by atoms with van der Waals surface area (Å²) in [5, 5.41) is 1.10. The van der Waals surface area contributed by atoms with Crippen molar-refractivity contribution in [3.05, 3.63) is 56.3 Å². The Kier molecular flexibility index (Phi) is 7.09. The molecule has 0 unspecified atom stereocenters. The van der Waals surface area contributed by atoms with Crippen molar-refractivity contribution in [2.24, 2.45) is 0 Å². The first-order valence-corrected chi connectivity index (χ1v) is 12.4. The first-order valence-electron chi connectivity index (χ1n) is 9.67. The monoisotopic (exact) mass is 499 g/mol. The van der Waals surface area contributed by atoms with Gasteiger partial charge in [0.1, 0.15) is 11.9 Å². The van der Waals surface area contributed by atoms with Crippen LogP contribution in [-0.2, 0) is 14.8 Å². The lowest BCUT2D eigenvalue weighted by molar-refractivity contribution is -0.120. The number of halogens is 2. The number of nitrogens with zero attached hydrogens (tertiary/aromatic N) is 3. The fraction of sp³-hybridized carbons (Fsp3) is 0.333. The van der Waals surface area contributed by atoms with Crippen LogP contribution in [0, 0.1) is 5.82 Å². The van der Waals surface area contributed by atoms with E-state index in [-0.39, 0.29) is 30.1 Å². The molecule has 1 aromatic heterocycles. The maximum atomic E-state index is 14.7. The van der Waals surface area contributed by atoms with Gasteiger partial charge in [-0.2, -0.15) is 4.31 Å². The number of sulfonamides is 1. The zero-order valence-electron chi connectivity index (χ0n) is 18.0. The van der Waals surface area contributed by atoms with Crippen LogP contribution in [0.25, 0.3) is 5.57 Å². The highest BCUT2D eigenvalue weighted by Gasteiger charge is 2.40. The van der Waals surface area contributed by atoms with E-state index in [0.29, 0.717) is 14.8 Å². The number of allylic oxidation sites excluding steroid dienone is 1. The lowest BCUT2D eigenvalue weighted by Crippen LogP contribution is -2.42. The Morgan fingerprint density at radius 1 is 1.25 bits per heavy atom. The van der Waals surface area contributed by atoms with Crippen LogP contribution in [0.1, 0.15) is 28.6 Å². The van der Waals surface area contributed by atoms with Gasteiger partial charge in [-0.15, -0.1) is 11.3 Å². The summed E-state index contributed by atoms with van der Waals surface area (Å²) in [6.45, 7) is 1.81. The van der Waals surface area contributed by atoms with Crippen LogP contribution in [-0.4, -0.2) is 63.2 Å². The normalized spacial score (nSPS) is 17.3. The average Bonchev–Trinajstić information content (AvgIpc) is 3.32. The summed E-state index contributed by atoms with van der Waals surface area (Å²) in [5.74, 6) is -1.60. The van der Waals surface area contributed by atoms with Gasteiger partial charge in [0.15, 0.2) is 0 Å². The van der Waals surface area contributed by atoms with Gasteiger partial charge in [-0.3, -0.25) is 9.59 Å². The molecule has 1 atom stereocenters. The topological polar surface area (TPSA) is 78.0 Å². The molecule has 0 saturated carbocycles. The molecule has 0 bridgehead atoms. The highest BCUT2D eigenvalue weighted by atomic mass is 35.5. The van der Waals surface area contributed by atoms with Crippen LogP contribution in [0.4, 0.5) is 10.1 Å². The molecule has 3 rings (SSSR count). The molecule has 0 spiro atoms. The smallest absolute Gasteiger partial charge is 0.253 e. The van der Waals surface area contributed by atoms with Gasteiger partial charge in [0.25, 0.3) is 5.91 Å². The van der Waals surface area contributed by atoms with Gasteiger partial charge in [-0.1, -0.05) is 11.6 Å². The van der Waals surface area contributed by atoms with E-state index in [9.17, 15) is 22.4 Å². The molecule has 1 fully saturated rings. The Labute approximate surface area is 195 Å². The van der Waals surface area contributed by atoms with Crippen LogP contribution in [0.3, 0.4) is 0 Å². The van der Waals surface area contributed by atoms with Gasteiger partial charge in [0.05, 0.1) is 15.4 Å². The zero-order chi connectivity index (χ0) is 23.8. The van der Waals surface area contributed by atoms with E-state index in [2.05, 4.69) is 0 Å². The molecule has 1 saturated heterocycles. The van der Waals surface area contributed by atoms with Gasteiger partial charge >= 0.3 is 0 Å². The van der Waals surface area contributed by atoms with E-state index in [1.807, 2.05) is 0 Å². The van der Waals surface area contributed by atoms with Crippen molar-refractivity contribution in [2.75, 3.05) is 32.6 Å². The van der Waals surface area contributed by atoms with Crippen molar-refractivity contribution in [1.82, 2.24) is 9.21 Å². The lowest BCUT2D eigenvalue weighted by Gasteiger charge is -2.23. The fourth-order valence-electron chi connectivity index (χ4n) is 3.43. The summed E-state index contributed by atoms with van der Waals surface area (Å²) in [7, 11) is 0.536. The molecular formula is C21H23ClFN3O4S2.